The minimum atomic E-state index is 0.0124. The van der Waals surface area contributed by atoms with Crippen molar-refractivity contribution in [3.05, 3.63) is 333 Å². The van der Waals surface area contributed by atoms with Crippen LogP contribution < -0.4 is 5.22 Å². The number of aliphatic imine (C=N–C) groups is 4. The van der Waals surface area contributed by atoms with Gasteiger partial charge in [-0.25, -0.2) is 20.0 Å². The number of hydrogen-bond acceptors (Lipinski definition) is 4. The number of aryl methyl sites for hydroxylation is 4. The van der Waals surface area contributed by atoms with E-state index in [9.17, 15) is 0 Å². The Bertz CT molecular complexity index is 8380. The van der Waals surface area contributed by atoms with Crippen molar-refractivity contribution in [1.82, 2.24) is 0 Å². The number of amidine groups is 4. The van der Waals surface area contributed by atoms with Crippen molar-refractivity contribution in [2.75, 3.05) is 0 Å². The Morgan fingerprint density at radius 2 is 0.709 bits per heavy atom. The SMILES string of the molecule is Cc1ccc(C2=NC3=NC(c4ccc(-c5cc6ccc7c8ccc9cc(C)cc%10ccc(c%11c(C%12=C%13c%14ccc(-c%15ccc%16c%17ccc%18c%19cccc%20c(C)ccc(c%21ccc(c%22cccc%15c%22%16)c%17c%21%18)c%20%19)c%15cccc(c%14%15)C%14C=Cc%15c(c(c%16ccc(C)c%17cccc%15c%17%16)=C%12)C%13%14)cc(c5)c6c7%11)c8c9%10)cc4)=NC3=N2)cc1. The lowest BCUT2D eigenvalue weighted by Gasteiger charge is -2.42. The maximum Gasteiger partial charge on any atom is 0.202 e. The molecule has 0 radical (unpaired) electrons. The van der Waals surface area contributed by atoms with E-state index >= 15 is 0 Å². The summed E-state index contributed by atoms with van der Waals surface area (Å²) in [6.07, 6.45) is 7.80. The summed E-state index contributed by atoms with van der Waals surface area (Å²) >= 11 is 0. The normalized spacial score (nSPS) is 16.0. The van der Waals surface area contributed by atoms with Crippen LogP contribution in [0.3, 0.4) is 0 Å². The fraction of sp³-hybridized carbons (Fsp3) is 0.0566. The first-order valence-corrected chi connectivity index (χ1v) is 38.7. The van der Waals surface area contributed by atoms with Gasteiger partial charge in [-0.2, -0.15) is 0 Å². The largest absolute Gasteiger partial charge is 0.205 e. The fourth-order valence-corrected chi connectivity index (χ4v) is 22.1. The molecular formula is C106H60N4. The molecule has 0 amide bonds. The first-order chi connectivity index (χ1) is 54.2. The molecule has 0 N–H and O–H groups in total. The van der Waals surface area contributed by atoms with Gasteiger partial charge in [0.05, 0.1) is 0 Å². The van der Waals surface area contributed by atoms with Gasteiger partial charge < -0.3 is 0 Å². The molecule has 4 nitrogen and oxygen atoms in total. The Balaban J connectivity index is 0.716. The van der Waals surface area contributed by atoms with Gasteiger partial charge in [0.2, 0.25) is 11.7 Å². The van der Waals surface area contributed by atoms with Gasteiger partial charge >= 0.3 is 0 Å². The second kappa shape index (κ2) is 20.3. The molecule has 110 heavy (non-hydrogen) atoms. The minimum Gasteiger partial charge on any atom is -0.205 e. The topological polar surface area (TPSA) is 49.4 Å². The predicted octanol–water partition coefficient (Wildman–Crippen LogP) is 26.8. The maximum atomic E-state index is 4.94. The summed E-state index contributed by atoms with van der Waals surface area (Å²) in [5.41, 5.74) is 21.2. The Morgan fingerprint density at radius 1 is 0.264 bits per heavy atom. The zero-order valence-corrected chi connectivity index (χ0v) is 60.5. The van der Waals surface area contributed by atoms with Crippen LogP contribution in [0.5, 0.6) is 0 Å². The third kappa shape index (κ3) is 7.24. The third-order valence-corrected chi connectivity index (χ3v) is 26.7. The van der Waals surface area contributed by atoms with Gasteiger partial charge in [0.15, 0.2) is 11.7 Å². The number of benzene rings is 22. The molecular weight excluding hydrogens is 1330 g/mol. The monoisotopic (exact) mass is 1390 g/mol. The number of fused-ring (bicyclic) bond motifs is 11. The van der Waals surface area contributed by atoms with Gasteiger partial charge in [0.1, 0.15) is 0 Å². The summed E-state index contributed by atoms with van der Waals surface area (Å²) in [5.74, 6) is 2.47. The summed E-state index contributed by atoms with van der Waals surface area (Å²) in [4.78, 5) is 19.5. The van der Waals surface area contributed by atoms with Gasteiger partial charge in [-0.15, -0.1) is 0 Å². The quantitative estimate of drug-likeness (QED) is 0.122. The van der Waals surface area contributed by atoms with Gasteiger partial charge in [-0.05, 0) is 307 Å². The van der Waals surface area contributed by atoms with E-state index in [1.54, 1.807) is 0 Å². The number of allylic oxidation sites excluding steroid dienone is 3. The molecule has 3 aliphatic carbocycles. The highest BCUT2D eigenvalue weighted by Gasteiger charge is 2.43. The van der Waals surface area contributed by atoms with Gasteiger partial charge in [-0.1, -0.05) is 260 Å². The minimum absolute atomic E-state index is 0.0124. The zero-order chi connectivity index (χ0) is 71.7. The van der Waals surface area contributed by atoms with Crippen LogP contribution in [-0.2, 0) is 0 Å². The molecule has 22 aromatic carbocycles. The molecule has 2 atom stereocenters. The molecule has 0 saturated carbocycles. The molecule has 2 aliphatic heterocycles. The highest BCUT2D eigenvalue weighted by molar-refractivity contribution is 6.54. The Kier molecular flexibility index (Phi) is 10.8. The van der Waals surface area contributed by atoms with E-state index in [-0.39, 0.29) is 11.8 Å². The Morgan fingerprint density at radius 3 is 1.37 bits per heavy atom. The molecule has 2 heterocycles. The molecule has 5 aliphatic rings. The van der Waals surface area contributed by atoms with Crippen LogP contribution in [0.4, 0.5) is 0 Å². The fourth-order valence-electron chi connectivity index (χ4n) is 22.1. The highest BCUT2D eigenvalue weighted by Crippen LogP contribution is 2.61. The Labute approximate surface area is 629 Å². The van der Waals surface area contributed by atoms with E-state index in [0.29, 0.717) is 23.3 Å². The highest BCUT2D eigenvalue weighted by atomic mass is 15.2. The van der Waals surface area contributed by atoms with Crippen molar-refractivity contribution in [2.24, 2.45) is 20.0 Å². The van der Waals surface area contributed by atoms with Crippen molar-refractivity contribution in [3.63, 3.8) is 0 Å². The first-order valence-electron chi connectivity index (χ1n) is 38.7. The van der Waals surface area contributed by atoms with E-state index in [4.69, 9.17) is 20.0 Å². The number of nitrogens with zero attached hydrogens (tertiary/aromatic N) is 4. The average molecular weight is 1390 g/mol. The van der Waals surface area contributed by atoms with Crippen LogP contribution >= 0.6 is 0 Å². The van der Waals surface area contributed by atoms with E-state index in [1.165, 1.54) is 250 Å². The zero-order valence-electron chi connectivity index (χ0n) is 60.5. The summed E-state index contributed by atoms with van der Waals surface area (Å²) in [6.45, 7) is 8.86. The van der Waals surface area contributed by atoms with Crippen LogP contribution in [0.15, 0.2) is 287 Å². The van der Waals surface area contributed by atoms with E-state index in [1.807, 2.05) is 0 Å². The predicted molar refractivity (Wildman–Crippen MR) is 469 cm³/mol. The first kappa shape index (κ1) is 58.4. The second-order valence-electron chi connectivity index (χ2n) is 32.2. The molecule has 0 saturated heterocycles. The van der Waals surface area contributed by atoms with E-state index in [0.717, 1.165) is 22.3 Å². The molecule has 27 rings (SSSR count). The lowest BCUT2D eigenvalue weighted by Crippen LogP contribution is -2.30. The van der Waals surface area contributed by atoms with Crippen LogP contribution in [0.2, 0.25) is 0 Å². The van der Waals surface area contributed by atoms with Crippen molar-refractivity contribution < 1.29 is 0 Å². The third-order valence-electron chi connectivity index (χ3n) is 26.7. The smallest absolute Gasteiger partial charge is 0.202 e. The van der Waals surface area contributed by atoms with Crippen molar-refractivity contribution >= 4 is 219 Å². The van der Waals surface area contributed by atoms with Crippen molar-refractivity contribution in [1.29, 1.82) is 0 Å². The number of hydrogen-bond donors (Lipinski definition) is 0. The maximum absolute atomic E-state index is 4.94. The standard InChI is InChI=1S/C106H60N4/c1-51-17-21-56(22-18-51)103-107-105-106(108-103)110-104(109-105)57-25-23-55(24-26-57)61-47-60-28-33-81-75-32-27-58-45-52(2)46-59-29-34-85(97(75)89(58)59)100-86(49-62(48-61)90(60)101(81)100)88-50-87-83-31-20-54(4)64-10-6-14-70(92(64)83)78-42-43-82-72-16-8-12-68-66(36-44-84(94(68)72)99(88)102(82)98(78)87)65-35-37-74-80-41-38-76-69-13-5-9-63-53(3)19-30-73(91(63)69)79-40-39-77(96(80)95(76)79)71-15-7-11-67(65)93(71)74/h5-50,82,102H,1-4H3. The molecule has 22 aromatic rings. The van der Waals surface area contributed by atoms with E-state index in [2.05, 4.69) is 307 Å². The number of rotatable bonds is 5. The van der Waals surface area contributed by atoms with Crippen molar-refractivity contribution in [2.45, 2.75) is 39.5 Å². The summed E-state index contributed by atoms with van der Waals surface area (Å²) in [6, 6.07) is 101. The van der Waals surface area contributed by atoms with Gasteiger partial charge in [0, 0.05) is 23.0 Å². The van der Waals surface area contributed by atoms with Crippen LogP contribution in [0.1, 0.15) is 73.0 Å². The van der Waals surface area contributed by atoms with E-state index < -0.39 is 0 Å². The lowest BCUT2D eigenvalue weighted by atomic mass is 9.61. The van der Waals surface area contributed by atoms with Crippen LogP contribution in [0.25, 0.3) is 218 Å². The second-order valence-corrected chi connectivity index (χ2v) is 32.2. The average Bonchev–Trinajstić information content (AvgIpc) is 0.703. The molecule has 0 aromatic heterocycles. The van der Waals surface area contributed by atoms with Crippen LogP contribution in [0, 0.1) is 27.7 Å². The molecule has 2 unspecified atom stereocenters. The lowest BCUT2D eigenvalue weighted by molar-refractivity contribution is 0.739. The summed E-state index contributed by atoms with van der Waals surface area (Å²) in [7, 11) is 0. The molecule has 0 bridgehead atoms. The van der Waals surface area contributed by atoms with Gasteiger partial charge in [-0.3, -0.25) is 0 Å². The van der Waals surface area contributed by atoms with Crippen LogP contribution in [-0.4, -0.2) is 23.3 Å². The molecule has 0 fully saturated rings. The Hall–Kier alpha value is -13.8. The van der Waals surface area contributed by atoms with Gasteiger partial charge in [0.25, 0.3) is 0 Å². The molecule has 504 valence electrons. The summed E-state index contributed by atoms with van der Waals surface area (Å²) in [5, 5.41) is 43.4. The van der Waals surface area contributed by atoms with Crippen molar-refractivity contribution in [3.8, 4) is 22.3 Å². The molecule has 4 heteroatoms. The molecule has 0 spiro atoms. The summed E-state index contributed by atoms with van der Waals surface area (Å²) < 4.78 is 0.